The molecule has 0 saturated carbocycles. The molecule has 3 rings (SSSR count). The molecule has 5 heteroatoms. The summed E-state index contributed by atoms with van der Waals surface area (Å²) >= 11 is 1.26. The number of carbonyl (C=O) groups is 1. The highest BCUT2D eigenvalue weighted by Crippen LogP contribution is 2.34. The number of thiophene rings is 1. The van der Waals surface area contributed by atoms with Crippen molar-refractivity contribution in [1.29, 1.82) is 0 Å². The number of nitrogens with zero attached hydrogens (tertiary/aromatic N) is 1. The fourth-order valence-electron chi connectivity index (χ4n) is 2.07. The molecule has 0 aliphatic rings. The lowest BCUT2D eigenvalue weighted by Gasteiger charge is -2.00. The lowest BCUT2D eigenvalue weighted by Crippen LogP contribution is -2.01. The van der Waals surface area contributed by atoms with Gasteiger partial charge in [0.15, 0.2) is 0 Å². The topological polar surface area (TPSA) is 65.2 Å². The Labute approximate surface area is 113 Å². The molecule has 0 aliphatic carbocycles. The summed E-state index contributed by atoms with van der Waals surface area (Å²) in [5.41, 5.74) is 8.52. The largest absolute Gasteiger partial charge is 0.465 e. The molecular weight excluding hydrogens is 260 g/mol. The standard InChI is InChI=1S/C14H12N2O2S/c1-7-3-4-10-8(5-7)6-9-11(15)12(14(17)18-2)19-13(9)16-10/h3-6H,15H2,1-2H3. The number of methoxy groups -OCH3 is 1. The van der Waals surface area contributed by atoms with Gasteiger partial charge in [-0.15, -0.1) is 11.3 Å². The minimum Gasteiger partial charge on any atom is -0.465 e. The molecule has 2 N–H and O–H groups in total. The lowest BCUT2D eigenvalue weighted by molar-refractivity contribution is 0.0607. The van der Waals surface area contributed by atoms with Crippen molar-refractivity contribution in [3.63, 3.8) is 0 Å². The average Bonchev–Trinajstić information content (AvgIpc) is 2.72. The number of aromatic nitrogens is 1. The normalized spacial score (nSPS) is 11.1. The van der Waals surface area contributed by atoms with Crippen molar-refractivity contribution in [3.8, 4) is 0 Å². The summed E-state index contributed by atoms with van der Waals surface area (Å²) in [5.74, 6) is -0.416. The maximum atomic E-state index is 11.6. The molecule has 19 heavy (non-hydrogen) atoms. The third-order valence-corrected chi connectivity index (χ3v) is 4.13. The third-order valence-electron chi connectivity index (χ3n) is 3.04. The summed E-state index contributed by atoms with van der Waals surface area (Å²) in [6.07, 6.45) is 0. The van der Waals surface area contributed by atoms with Crippen molar-refractivity contribution < 1.29 is 9.53 Å². The number of benzene rings is 1. The molecule has 0 fully saturated rings. The number of hydrogen-bond donors (Lipinski definition) is 1. The fraction of sp³-hybridized carbons (Fsp3) is 0.143. The van der Waals surface area contributed by atoms with Crippen molar-refractivity contribution in [3.05, 3.63) is 34.7 Å². The third kappa shape index (κ3) is 1.82. The molecule has 0 spiro atoms. The van der Waals surface area contributed by atoms with E-state index >= 15 is 0 Å². The molecule has 0 atom stereocenters. The first kappa shape index (κ1) is 11.9. The Bertz CT molecular complexity index is 808. The zero-order valence-electron chi connectivity index (χ0n) is 10.6. The second-order valence-electron chi connectivity index (χ2n) is 4.37. The molecule has 4 nitrogen and oxygen atoms in total. The van der Waals surface area contributed by atoms with E-state index in [1.807, 2.05) is 25.1 Å². The van der Waals surface area contributed by atoms with E-state index in [0.29, 0.717) is 10.6 Å². The molecule has 0 unspecified atom stereocenters. The molecule has 96 valence electrons. The van der Waals surface area contributed by atoms with Crippen molar-refractivity contribution in [2.24, 2.45) is 0 Å². The van der Waals surface area contributed by atoms with Crippen LogP contribution < -0.4 is 5.73 Å². The molecule has 1 aromatic carbocycles. The zero-order valence-corrected chi connectivity index (χ0v) is 11.4. The van der Waals surface area contributed by atoms with Gasteiger partial charge < -0.3 is 10.5 Å². The summed E-state index contributed by atoms with van der Waals surface area (Å²) in [6.45, 7) is 2.03. The molecule has 0 amide bonds. The second-order valence-corrected chi connectivity index (χ2v) is 5.37. The highest BCUT2D eigenvalue weighted by Gasteiger charge is 2.18. The number of esters is 1. The van der Waals surface area contributed by atoms with Gasteiger partial charge in [0.05, 0.1) is 18.3 Å². The quantitative estimate of drug-likeness (QED) is 0.691. The van der Waals surface area contributed by atoms with Crippen LogP contribution in [0.25, 0.3) is 21.1 Å². The van der Waals surface area contributed by atoms with E-state index in [9.17, 15) is 4.79 Å². The van der Waals surface area contributed by atoms with Gasteiger partial charge in [0.2, 0.25) is 0 Å². The lowest BCUT2D eigenvalue weighted by atomic mass is 10.1. The Morgan fingerprint density at radius 1 is 1.37 bits per heavy atom. The first-order chi connectivity index (χ1) is 9.10. The van der Waals surface area contributed by atoms with Gasteiger partial charge in [-0.3, -0.25) is 0 Å². The van der Waals surface area contributed by atoms with Crippen LogP contribution in [0.5, 0.6) is 0 Å². The molecule has 2 aromatic heterocycles. The minimum absolute atomic E-state index is 0.414. The van der Waals surface area contributed by atoms with Crippen LogP contribution in [0.1, 0.15) is 15.2 Å². The smallest absolute Gasteiger partial charge is 0.350 e. The maximum Gasteiger partial charge on any atom is 0.350 e. The van der Waals surface area contributed by atoms with Gasteiger partial charge in [-0.05, 0) is 25.1 Å². The van der Waals surface area contributed by atoms with Crippen LogP contribution in [-0.2, 0) is 4.74 Å². The summed E-state index contributed by atoms with van der Waals surface area (Å²) in [6, 6.07) is 8.01. The van der Waals surface area contributed by atoms with Gasteiger partial charge >= 0.3 is 5.97 Å². The van der Waals surface area contributed by atoms with Crippen LogP contribution in [0.4, 0.5) is 5.69 Å². The number of hydrogen-bond acceptors (Lipinski definition) is 5. The maximum absolute atomic E-state index is 11.6. The van der Waals surface area contributed by atoms with Gasteiger partial charge in [0.1, 0.15) is 9.71 Å². The highest BCUT2D eigenvalue weighted by atomic mass is 32.1. The summed E-state index contributed by atoms with van der Waals surface area (Å²) < 4.78 is 4.73. The fourth-order valence-corrected chi connectivity index (χ4v) is 3.07. The number of rotatable bonds is 1. The monoisotopic (exact) mass is 272 g/mol. The zero-order chi connectivity index (χ0) is 13.6. The van der Waals surface area contributed by atoms with Crippen LogP contribution in [0.2, 0.25) is 0 Å². The number of anilines is 1. The van der Waals surface area contributed by atoms with Crippen LogP contribution in [-0.4, -0.2) is 18.1 Å². The van der Waals surface area contributed by atoms with E-state index in [2.05, 4.69) is 11.1 Å². The number of ether oxygens (including phenoxy) is 1. The summed E-state index contributed by atoms with van der Waals surface area (Å²) in [4.78, 5) is 17.4. The predicted octanol–water partition coefficient (Wildman–Crippen LogP) is 3.13. The Morgan fingerprint density at radius 3 is 2.89 bits per heavy atom. The summed E-state index contributed by atoms with van der Waals surface area (Å²) in [5, 5.41) is 1.83. The number of aryl methyl sites for hydroxylation is 1. The number of carbonyl (C=O) groups excluding carboxylic acids is 1. The molecule has 0 aliphatic heterocycles. The first-order valence-electron chi connectivity index (χ1n) is 5.78. The number of fused-ring (bicyclic) bond motifs is 2. The molecular formula is C14H12N2O2S. The average molecular weight is 272 g/mol. The SMILES string of the molecule is COC(=O)c1sc2nc3ccc(C)cc3cc2c1N. The van der Waals surface area contributed by atoms with E-state index in [0.717, 1.165) is 26.7 Å². The molecule has 2 heterocycles. The van der Waals surface area contributed by atoms with Crippen molar-refractivity contribution >= 4 is 44.1 Å². The second kappa shape index (κ2) is 4.20. The van der Waals surface area contributed by atoms with Crippen LogP contribution >= 0.6 is 11.3 Å². The minimum atomic E-state index is -0.416. The van der Waals surface area contributed by atoms with Crippen molar-refractivity contribution in [2.75, 3.05) is 12.8 Å². The Morgan fingerprint density at radius 2 is 2.16 bits per heavy atom. The van der Waals surface area contributed by atoms with Crippen LogP contribution in [0.3, 0.4) is 0 Å². The van der Waals surface area contributed by atoms with Gasteiger partial charge in [0, 0.05) is 10.8 Å². The van der Waals surface area contributed by atoms with E-state index in [4.69, 9.17) is 10.5 Å². The molecule has 0 radical (unpaired) electrons. The Hall–Kier alpha value is -2.14. The van der Waals surface area contributed by atoms with Crippen LogP contribution in [0, 0.1) is 6.92 Å². The summed E-state index contributed by atoms with van der Waals surface area (Å²) in [7, 11) is 1.35. The van der Waals surface area contributed by atoms with Gasteiger partial charge in [0.25, 0.3) is 0 Å². The predicted molar refractivity (Wildman–Crippen MR) is 77.6 cm³/mol. The van der Waals surface area contributed by atoms with E-state index in [1.54, 1.807) is 0 Å². The molecule has 0 saturated heterocycles. The van der Waals surface area contributed by atoms with Crippen molar-refractivity contribution in [1.82, 2.24) is 4.98 Å². The molecule has 3 aromatic rings. The first-order valence-corrected chi connectivity index (χ1v) is 6.59. The van der Waals surface area contributed by atoms with E-state index < -0.39 is 5.97 Å². The van der Waals surface area contributed by atoms with Crippen LogP contribution in [0.15, 0.2) is 24.3 Å². The molecule has 0 bridgehead atoms. The number of nitrogen functional groups attached to an aromatic ring is 1. The Balaban J connectivity index is 2.34. The van der Waals surface area contributed by atoms with Gasteiger partial charge in [-0.25, -0.2) is 9.78 Å². The highest BCUT2D eigenvalue weighted by molar-refractivity contribution is 7.21. The van der Waals surface area contributed by atoms with Gasteiger partial charge in [-0.1, -0.05) is 11.6 Å². The van der Waals surface area contributed by atoms with Crippen molar-refractivity contribution in [2.45, 2.75) is 6.92 Å². The Kier molecular flexibility index (Phi) is 2.64. The van der Waals surface area contributed by atoms with Gasteiger partial charge in [-0.2, -0.15) is 0 Å². The number of pyridine rings is 1. The number of nitrogens with two attached hydrogens (primary N) is 1. The van der Waals surface area contributed by atoms with E-state index in [-0.39, 0.29) is 0 Å². The van der Waals surface area contributed by atoms with E-state index in [1.165, 1.54) is 18.4 Å².